The maximum atomic E-state index is 12.8. The highest BCUT2D eigenvalue weighted by Gasteiger charge is 2.54. The van der Waals surface area contributed by atoms with Crippen molar-refractivity contribution in [3.63, 3.8) is 0 Å². The lowest BCUT2D eigenvalue weighted by Gasteiger charge is -2.47. The number of benzene rings is 1. The molecule has 22 heavy (non-hydrogen) atoms. The molecule has 6 heteroatoms. The number of nitrogens with zero attached hydrogens (tertiary/aromatic N) is 3. The minimum atomic E-state index is -1.22. The topological polar surface area (TPSA) is 54.3 Å². The van der Waals surface area contributed by atoms with Crippen molar-refractivity contribution in [2.45, 2.75) is 33.0 Å². The van der Waals surface area contributed by atoms with E-state index in [0.717, 1.165) is 5.56 Å². The summed E-state index contributed by atoms with van der Waals surface area (Å²) in [7, 11) is 0. The lowest BCUT2D eigenvalue weighted by atomic mass is 9.79. The van der Waals surface area contributed by atoms with Gasteiger partial charge < -0.3 is 4.74 Å². The second kappa shape index (κ2) is 6.71. The van der Waals surface area contributed by atoms with Crippen LogP contribution >= 0.6 is 15.9 Å². The average molecular weight is 366 g/mol. The van der Waals surface area contributed by atoms with Crippen molar-refractivity contribution in [2.24, 2.45) is 15.5 Å². The van der Waals surface area contributed by atoms with Crippen molar-refractivity contribution >= 4 is 34.3 Å². The predicted octanol–water partition coefficient (Wildman–Crippen LogP) is 3.20. The normalized spacial score (nSPS) is 22.0. The first-order chi connectivity index (χ1) is 10.4. The number of hydrogen-bond donors (Lipinski definition) is 0. The van der Waals surface area contributed by atoms with Gasteiger partial charge in [0.05, 0.1) is 12.8 Å². The molecule has 0 radical (unpaired) electrons. The first-order valence-electron chi connectivity index (χ1n) is 7.03. The Bertz CT molecular complexity index is 581. The van der Waals surface area contributed by atoms with Crippen molar-refractivity contribution in [2.75, 3.05) is 5.52 Å². The Morgan fingerprint density at radius 2 is 1.95 bits per heavy atom. The van der Waals surface area contributed by atoms with Crippen molar-refractivity contribution in [1.29, 1.82) is 0 Å². The number of carbonyl (C=O) groups excluding carboxylic acids is 1. The zero-order valence-electron chi connectivity index (χ0n) is 13.0. The number of halogens is 1. The fourth-order valence-corrected chi connectivity index (χ4v) is 2.93. The molecule has 1 heterocycles. The Morgan fingerprint density at radius 1 is 1.27 bits per heavy atom. The van der Waals surface area contributed by atoms with Crippen LogP contribution in [0.25, 0.3) is 0 Å². The molecule has 2 rings (SSSR count). The summed E-state index contributed by atoms with van der Waals surface area (Å²) in [4.78, 5) is 16.7. The van der Waals surface area contributed by atoms with E-state index in [4.69, 9.17) is 4.74 Å². The van der Waals surface area contributed by atoms with E-state index in [1.165, 1.54) is 12.6 Å². The highest BCUT2D eigenvalue weighted by molar-refractivity contribution is 9.09. The molecule has 0 fully saturated rings. The van der Waals surface area contributed by atoms with E-state index < -0.39 is 11.1 Å². The fraction of sp³-hybridized carbons (Fsp3) is 0.438. The molecule has 0 amide bonds. The molecule has 0 saturated heterocycles. The van der Waals surface area contributed by atoms with Crippen LogP contribution in [-0.2, 0) is 16.1 Å². The standard InChI is InChI=1S/C16H20BrN3O2/c1-15(2,3)16(22-11-17)14(21)9-18-12-19-20(16)10-13-7-5-4-6-8-13/h4-9,12H,10-11H2,1-3H3. The molecule has 1 aliphatic rings. The highest BCUT2D eigenvalue weighted by atomic mass is 79.9. The summed E-state index contributed by atoms with van der Waals surface area (Å²) >= 11 is 3.28. The molecular weight excluding hydrogens is 346 g/mol. The van der Waals surface area contributed by atoms with E-state index in [-0.39, 0.29) is 11.3 Å². The zero-order valence-corrected chi connectivity index (χ0v) is 14.6. The number of ether oxygens (including phenoxy) is 1. The minimum absolute atomic E-state index is 0.215. The number of carbonyl (C=O) groups is 1. The lowest BCUT2D eigenvalue weighted by Crippen LogP contribution is -2.62. The van der Waals surface area contributed by atoms with E-state index in [1.54, 1.807) is 5.01 Å². The van der Waals surface area contributed by atoms with Gasteiger partial charge in [-0.25, -0.2) is 4.99 Å². The van der Waals surface area contributed by atoms with E-state index in [0.29, 0.717) is 6.54 Å². The van der Waals surface area contributed by atoms with Gasteiger partial charge >= 0.3 is 0 Å². The number of aliphatic imine (C=N–C) groups is 1. The summed E-state index contributed by atoms with van der Waals surface area (Å²) in [5, 5.41) is 6.03. The molecular formula is C16H20BrN3O2. The van der Waals surface area contributed by atoms with Crippen LogP contribution in [0.4, 0.5) is 0 Å². The molecule has 0 spiro atoms. The quantitative estimate of drug-likeness (QED) is 0.769. The Labute approximate surface area is 139 Å². The Morgan fingerprint density at radius 3 is 2.55 bits per heavy atom. The molecule has 1 atom stereocenters. The SMILES string of the molecule is CC(C)(C)C1(OCBr)C(=O)C=NC=NN1Cc1ccccc1. The first kappa shape index (κ1) is 16.8. The third kappa shape index (κ3) is 3.13. The molecule has 0 N–H and O–H groups in total. The van der Waals surface area contributed by atoms with Crippen LogP contribution in [0.1, 0.15) is 26.3 Å². The van der Waals surface area contributed by atoms with Gasteiger partial charge in [0, 0.05) is 5.41 Å². The summed E-state index contributed by atoms with van der Waals surface area (Å²) in [6, 6.07) is 9.86. The molecule has 5 nitrogen and oxygen atoms in total. The minimum Gasteiger partial charge on any atom is -0.335 e. The fourth-order valence-electron chi connectivity index (χ4n) is 2.60. The van der Waals surface area contributed by atoms with Gasteiger partial charge in [-0.15, -0.1) is 0 Å². The van der Waals surface area contributed by atoms with E-state index >= 15 is 0 Å². The Kier molecular flexibility index (Phi) is 5.13. The molecule has 1 aromatic rings. The van der Waals surface area contributed by atoms with Crippen LogP contribution in [0, 0.1) is 5.41 Å². The Hall–Kier alpha value is -1.53. The number of ketones is 1. The van der Waals surface area contributed by atoms with Gasteiger partial charge in [0.15, 0.2) is 0 Å². The number of hydrogen-bond acceptors (Lipinski definition) is 5. The van der Waals surface area contributed by atoms with Crippen molar-refractivity contribution < 1.29 is 9.53 Å². The number of hydrazone groups is 1. The molecule has 0 saturated carbocycles. The number of rotatable bonds is 4. The van der Waals surface area contributed by atoms with E-state index in [2.05, 4.69) is 26.0 Å². The first-order valence-corrected chi connectivity index (χ1v) is 8.15. The van der Waals surface area contributed by atoms with Gasteiger partial charge in [-0.05, 0) is 5.56 Å². The highest BCUT2D eigenvalue weighted by Crippen LogP contribution is 2.39. The molecule has 1 aromatic carbocycles. The van der Waals surface area contributed by atoms with Gasteiger partial charge in [0.2, 0.25) is 11.5 Å². The largest absolute Gasteiger partial charge is 0.335 e. The average Bonchev–Trinajstić information content (AvgIpc) is 2.62. The smallest absolute Gasteiger partial charge is 0.228 e. The van der Waals surface area contributed by atoms with Crippen LogP contribution in [-0.4, -0.2) is 34.6 Å². The Balaban J connectivity index is 2.48. The molecule has 0 bridgehead atoms. The van der Waals surface area contributed by atoms with E-state index in [1.807, 2.05) is 51.1 Å². The van der Waals surface area contributed by atoms with Crippen molar-refractivity contribution in [3.8, 4) is 0 Å². The maximum Gasteiger partial charge on any atom is 0.228 e. The second-order valence-corrected chi connectivity index (χ2v) is 6.52. The number of Topliss-reactive ketones (excluding diaryl/α,β-unsaturated/α-hetero) is 1. The van der Waals surface area contributed by atoms with Crippen LogP contribution in [0.2, 0.25) is 0 Å². The maximum absolute atomic E-state index is 12.8. The third-order valence-corrected chi connectivity index (χ3v) is 3.83. The van der Waals surface area contributed by atoms with Crippen LogP contribution in [0.15, 0.2) is 40.4 Å². The van der Waals surface area contributed by atoms with Gasteiger partial charge in [-0.2, -0.15) is 5.10 Å². The molecule has 1 aliphatic heterocycles. The molecule has 0 aliphatic carbocycles. The van der Waals surface area contributed by atoms with Crippen molar-refractivity contribution in [3.05, 3.63) is 35.9 Å². The van der Waals surface area contributed by atoms with Gasteiger partial charge in [0.25, 0.3) is 0 Å². The van der Waals surface area contributed by atoms with Gasteiger partial charge in [-0.3, -0.25) is 9.80 Å². The monoisotopic (exact) mass is 365 g/mol. The van der Waals surface area contributed by atoms with Gasteiger partial charge in [0.1, 0.15) is 11.9 Å². The number of alkyl halides is 1. The van der Waals surface area contributed by atoms with E-state index in [9.17, 15) is 4.79 Å². The lowest BCUT2D eigenvalue weighted by molar-refractivity contribution is -0.201. The summed E-state index contributed by atoms with van der Waals surface area (Å²) in [5.41, 5.74) is -0.449. The van der Waals surface area contributed by atoms with Crippen LogP contribution < -0.4 is 0 Å². The molecule has 0 aromatic heterocycles. The molecule has 1 unspecified atom stereocenters. The van der Waals surface area contributed by atoms with Crippen LogP contribution in [0.5, 0.6) is 0 Å². The molecule has 118 valence electrons. The summed E-state index contributed by atoms with van der Waals surface area (Å²) in [6.45, 7) is 6.33. The summed E-state index contributed by atoms with van der Waals surface area (Å²) in [6.07, 6.45) is 2.66. The van der Waals surface area contributed by atoms with Gasteiger partial charge in [-0.1, -0.05) is 67.0 Å². The predicted molar refractivity (Wildman–Crippen MR) is 91.0 cm³/mol. The van der Waals surface area contributed by atoms with Crippen molar-refractivity contribution in [1.82, 2.24) is 5.01 Å². The summed E-state index contributed by atoms with van der Waals surface area (Å²) in [5.74, 6) is -0.215. The second-order valence-electron chi connectivity index (χ2n) is 6.06. The van der Waals surface area contributed by atoms with Crippen LogP contribution in [0.3, 0.4) is 0 Å². The zero-order chi connectivity index (χ0) is 16.2. The third-order valence-electron chi connectivity index (χ3n) is 3.60. The summed E-state index contributed by atoms with van der Waals surface area (Å²) < 4.78 is 5.90.